The van der Waals surface area contributed by atoms with Crippen molar-refractivity contribution in [1.29, 1.82) is 0 Å². The number of hydrogen-bond donors (Lipinski definition) is 1. The van der Waals surface area contributed by atoms with E-state index in [1.54, 1.807) is 13.3 Å². The Bertz CT molecular complexity index is 842. The van der Waals surface area contributed by atoms with Crippen LogP contribution in [0, 0.1) is 0 Å². The molecule has 2 aromatic rings. The molecule has 1 aromatic carbocycles. The minimum atomic E-state index is -0.0300. The van der Waals surface area contributed by atoms with Gasteiger partial charge in [0.1, 0.15) is 18.1 Å². The number of amides is 1. The van der Waals surface area contributed by atoms with Gasteiger partial charge in [-0.05, 0) is 35.9 Å². The van der Waals surface area contributed by atoms with Crippen molar-refractivity contribution in [3.05, 3.63) is 59.4 Å². The maximum absolute atomic E-state index is 13.2. The molecule has 3 heterocycles. The molecular formula is C20H22ClN3O3. The quantitative estimate of drug-likeness (QED) is 0.876. The highest BCUT2D eigenvalue weighted by Gasteiger charge is 2.31. The van der Waals surface area contributed by atoms with E-state index in [0.29, 0.717) is 12.1 Å². The molecule has 2 aliphatic rings. The highest BCUT2D eigenvalue weighted by molar-refractivity contribution is 5.99. The minimum Gasteiger partial charge on any atom is -0.497 e. The molecular weight excluding hydrogens is 366 g/mol. The molecule has 4 rings (SSSR count). The number of methoxy groups -OCH3 is 1. The lowest BCUT2D eigenvalue weighted by Crippen LogP contribution is -2.49. The van der Waals surface area contributed by atoms with Crippen LogP contribution in [0.3, 0.4) is 0 Å². The maximum atomic E-state index is 13.2. The zero-order valence-electron chi connectivity index (χ0n) is 15.1. The van der Waals surface area contributed by atoms with Gasteiger partial charge in [-0.2, -0.15) is 0 Å². The van der Waals surface area contributed by atoms with Crippen LogP contribution in [-0.2, 0) is 4.79 Å². The molecule has 2 aliphatic heterocycles. The molecule has 1 amide bonds. The number of benzene rings is 1. The van der Waals surface area contributed by atoms with Crippen molar-refractivity contribution in [2.75, 3.05) is 33.4 Å². The smallest absolute Gasteiger partial charge is 0.253 e. The summed E-state index contributed by atoms with van der Waals surface area (Å²) in [5.74, 6) is 1.52. The zero-order chi connectivity index (χ0) is 17.9. The van der Waals surface area contributed by atoms with Gasteiger partial charge in [0.15, 0.2) is 0 Å². The third kappa shape index (κ3) is 3.91. The van der Waals surface area contributed by atoms with E-state index in [1.165, 1.54) is 0 Å². The van der Waals surface area contributed by atoms with Crippen LogP contribution in [0.1, 0.15) is 17.2 Å². The molecule has 0 saturated carbocycles. The number of nitrogens with one attached hydrogen (secondary N) is 1. The van der Waals surface area contributed by atoms with Gasteiger partial charge < -0.3 is 19.7 Å². The highest BCUT2D eigenvalue weighted by atomic mass is 35.5. The average Bonchev–Trinajstić information content (AvgIpc) is 2.73. The van der Waals surface area contributed by atoms with Gasteiger partial charge >= 0.3 is 0 Å². The summed E-state index contributed by atoms with van der Waals surface area (Å²) in [4.78, 5) is 19.3. The largest absolute Gasteiger partial charge is 0.497 e. The first-order valence-corrected chi connectivity index (χ1v) is 8.69. The number of piperazine rings is 1. The van der Waals surface area contributed by atoms with Crippen LogP contribution in [-0.4, -0.2) is 49.1 Å². The van der Waals surface area contributed by atoms with Crippen molar-refractivity contribution < 1.29 is 14.3 Å². The van der Waals surface area contributed by atoms with E-state index in [-0.39, 0.29) is 31.0 Å². The molecule has 1 atom stereocenters. The van der Waals surface area contributed by atoms with Gasteiger partial charge in [0.05, 0.1) is 18.7 Å². The summed E-state index contributed by atoms with van der Waals surface area (Å²) >= 11 is 0. The van der Waals surface area contributed by atoms with Crippen LogP contribution in [0.2, 0.25) is 0 Å². The van der Waals surface area contributed by atoms with Crippen LogP contribution >= 0.6 is 12.4 Å². The number of fused-ring (bicyclic) bond motifs is 1. The fourth-order valence-corrected chi connectivity index (χ4v) is 3.41. The van der Waals surface area contributed by atoms with Gasteiger partial charge in [0.25, 0.3) is 5.91 Å². The number of aromatic nitrogens is 1. The second-order valence-electron chi connectivity index (χ2n) is 6.37. The first-order chi connectivity index (χ1) is 12.8. The standard InChI is InChI=1S/C20H21N3O3.ClH/c1-25-17-4-5-19-15(10-17)9-16(13-26-19)20(24)23-8-7-22-12-18(23)14-3-2-6-21-11-14;/h2-6,9-11,18,22H,7-8,12-13H2,1H3;1H. The van der Waals surface area contributed by atoms with Crippen LogP contribution < -0.4 is 14.8 Å². The van der Waals surface area contributed by atoms with Crippen LogP contribution in [0.25, 0.3) is 6.08 Å². The zero-order valence-corrected chi connectivity index (χ0v) is 15.9. The number of ether oxygens (including phenoxy) is 2. The first kappa shape index (κ1) is 19.2. The second kappa shape index (κ2) is 8.41. The topological polar surface area (TPSA) is 63.7 Å². The van der Waals surface area contributed by atoms with E-state index in [0.717, 1.165) is 35.7 Å². The molecule has 0 bridgehead atoms. The fraction of sp³-hybridized carbons (Fsp3) is 0.300. The third-order valence-corrected chi connectivity index (χ3v) is 4.78. The Hall–Kier alpha value is -2.57. The van der Waals surface area contributed by atoms with Crippen LogP contribution in [0.5, 0.6) is 11.5 Å². The minimum absolute atomic E-state index is 0. The van der Waals surface area contributed by atoms with Crippen molar-refractivity contribution in [2.45, 2.75) is 6.04 Å². The van der Waals surface area contributed by atoms with Crippen molar-refractivity contribution in [3.8, 4) is 11.5 Å². The summed E-state index contributed by atoms with van der Waals surface area (Å²) in [6.07, 6.45) is 5.48. The number of pyridine rings is 1. The molecule has 27 heavy (non-hydrogen) atoms. The molecule has 1 unspecified atom stereocenters. The third-order valence-electron chi connectivity index (χ3n) is 4.78. The average molecular weight is 388 g/mol. The molecule has 7 heteroatoms. The molecule has 142 valence electrons. The summed E-state index contributed by atoms with van der Waals surface area (Å²) in [6, 6.07) is 9.49. The summed E-state index contributed by atoms with van der Waals surface area (Å²) in [5.41, 5.74) is 2.56. The number of hydrogen-bond acceptors (Lipinski definition) is 5. The molecule has 1 fully saturated rings. The normalized spacial score (nSPS) is 18.5. The van der Waals surface area contributed by atoms with Gasteiger partial charge in [-0.25, -0.2) is 0 Å². The number of halogens is 1. The Labute approximate surface area is 164 Å². The molecule has 6 nitrogen and oxygen atoms in total. The van der Waals surface area contributed by atoms with E-state index in [2.05, 4.69) is 10.3 Å². The molecule has 0 aliphatic carbocycles. The molecule has 0 radical (unpaired) electrons. The molecule has 1 saturated heterocycles. The molecule has 1 N–H and O–H groups in total. The number of carbonyl (C=O) groups is 1. The van der Waals surface area contributed by atoms with E-state index in [4.69, 9.17) is 9.47 Å². The first-order valence-electron chi connectivity index (χ1n) is 8.69. The Kier molecular flexibility index (Phi) is 5.98. The van der Waals surface area contributed by atoms with E-state index in [1.807, 2.05) is 47.5 Å². The second-order valence-corrected chi connectivity index (χ2v) is 6.37. The Morgan fingerprint density at radius 2 is 2.26 bits per heavy atom. The Balaban J connectivity index is 0.00000210. The lowest BCUT2D eigenvalue weighted by molar-refractivity contribution is -0.130. The number of carbonyl (C=O) groups excluding carboxylic acids is 1. The number of nitrogens with zero attached hydrogens (tertiary/aromatic N) is 2. The van der Waals surface area contributed by atoms with Crippen molar-refractivity contribution >= 4 is 24.4 Å². The van der Waals surface area contributed by atoms with E-state index >= 15 is 0 Å². The van der Waals surface area contributed by atoms with Crippen molar-refractivity contribution in [2.24, 2.45) is 0 Å². The fourth-order valence-electron chi connectivity index (χ4n) is 3.41. The van der Waals surface area contributed by atoms with Gasteiger partial charge in [0, 0.05) is 37.6 Å². The summed E-state index contributed by atoms with van der Waals surface area (Å²) in [5, 5.41) is 3.36. The molecule has 1 aromatic heterocycles. The van der Waals surface area contributed by atoms with Crippen molar-refractivity contribution in [1.82, 2.24) is 15.2 Å². The summed E-state index contributed by atoms with van der Waals surface area (Å²) in [6.45, 7) is 2.43. The number of rotatable bonds is 3. The van der Waals surface area contributed by atoms with Gasteiger partial charge in [-0.3, -0.25) is 9.78 Å². The van der Waals surface area contributed by atoms with Gasteiger partial charge in [-0.15, -0.1) is 12.4 Å². The predicted molar refractivity (Wildman–Crippen MR) is 105 cm³/mol. The lowest BCUT2D eigenvalue weighted by atomic mass is 10.0. The lowest BCUT2D eigenvalue weighted by Gasteiger charge is -2.37. The highest BCUT2D eigenvalue weighted by Crippen LogP contribution is 2.31. The van der Waals surface area contributed by atoms with E-state index < -0.39 is 0 Å². The van der Waals surface area contributed by atoms with Crippen LogP contribution in [0.4, 0.5) is 0 Å². The van der Waals surface area contributed by atoms with Gasteiger partial charge in [-0.1, -0.05) is 6.07 Å². The SMILES string of the molecule is COc1ccc2c(c1)C=C(C(=O)N1CCNCC1c1cccnc1)CO2.Cl. The predicted octanol–water partition coefficient (Wildman–Crippen LogP) is 2.46. The van der Waals surface area contributed by atoms with E-state index in [9.17, 15) is 4.79 Å². The Morgan fingerprint density at radius 3 is 3.04 bits per heavy atom. The monoisotopic (exact) mass is 387 g/mol. The van der Waals surface area contributed by atoms with Crippen molar-refractivity contribution in [3.63, 3.8) is 0 Å². The van der Waals surface area contributed by atoms with Crippen LogP contribution in [0.15, 0.2) is 48.3 Å². The van der Waals surface area contributed by atoms with Gasteiger partial charge in [0.2, 0.25) is 0 Å². The Morgan fingerprint density at radius 1 is 1.37 bits per heavy atom. The summed E-state index contributed by atoms with van der Waals surface area (Å²) < 4.78 is 11.1. The molecule has 0 spiro atoms. The maximum Gasteiger partial charge on any atom is 0.253 e. The summed E-state index contributed by atoms with van der Waals surface area (Å²) in [7, 11) is 1.63.